The van der Waals surface area contributed by atoms with Gasteiger partial charge in [-0.3, -0.25) is 0 Å². The van der Waals surface area contributed by atoms with Crippen LogP contribution in [0.3, 0.4) is 0 Å². The van der Waals surface area contributed by atoms with Crippen molar-refractivity contribution in [1.82, 2.24) is 5.32 Å². The van der Waals surface area contributed by atoms with Gasteiger partial charge >= 0.3 is 6.18 Å². The molecule has 116 valence electrons. The molecular formula is C15H18ClF3N2. The van der Waals surface area contributed by atoms with E-state index in [2.05, 4.69) is 5.32 Å². The topological polar surface area (TPSA) is 15.3 Å². The monoisotopic (exact) mass is 318 g/mol. The highest BCUT2D eigenvalue weighted by Crippen LogP contribution is 2.33. The minimum absolute atomic E-state index is 0.00971. The maximum Gasteiger partial charge on any atom is 0.412 e. The van der Waals surface area contributed by atoms with E-state index in [1.54, 1.807) is 0 Å². The molecule has 0 spiro atoms. The molecule has 0 saturated carbocycles. The number of nitrogens with zero attached hydrogens (tertiary/aromatic N) is 1. The summed E-state index contributed by atoms with van der Waals surface area (Å²) in [6.07, 6.45) is -2.95. The van der Waals surface area contributed by atoms with Crippen LogP contribution in [-0.4, -0.2) is 26.3 Å². The number of rotatable bonds is 3. The molecule has 0 amide bonds. The fourth-order valence-electron chi connectivity index (χ4n) is 2.38. The van der Waals surface area contributed by atoms with E-state index in [0.717, 1.165) is 11.3 Å². The van der Waals surface area contributed by atoms with Gasteiger partial charge in [0, 0.05) is 35.4 Å². The van der Waals surface area contributed by atoms with Crippen molar-refractivity contribution >= 4 is 17.3 Å². The first-order chi connectivity index (χ1) is 9.82. The van der Waals surface area contributed by atoms with Crippen molar-refractivity contribution < 1.29 is 13.2 Å². The lowest BCUT2D eigenvalue weighted by Crippen LogP contribution is -2.31. The van der Waals surface area contributed by atoms with Crippen LogP contribution in [0.2, 0.25) is 5.02 Å². The largest absolute Gasteiger partial charge is 0.412 e. The van der Waals surface area contributed by atoms with Crippen molar-refractivity contribution in [2.75, 3.05) is 25.0 Å². The van der Waals surface area contributed by atoms with Crippen LogP contribution in [0.1, 0.15) is 24.9 Å². The molecule has 6 heteroatoms. The highest BCUT2D eigenvalue weighted by atomic mass is 35.5. The first kappa shape index (κ1) is 16.2. The number of benzene rings is 1. The molecule has 1 unspecified atom stereocenters. The molecule has 1 heterocycles. The van der Waals surface area contributed by atoms with E-state index in [1.165, 1.54) is 6.08 Å². The van der Waals surface area contributed by atoms with E-state index in [1.807, 2.05) is 37.1 Å². The minimum Gasteiger partial charge on any atom is -0.367 e. The number of alkyl halides is 3. The molecule has 1 aromatic rings. The van der Waals surface area contributed by atoms with Crippen molar-refractivity contribution in [3.8, 4) is 0 Å². The number of hydrogen-bond acceptors (Lipinski definition) is 2. The first-order valence-corrected chi connectivity index (χ1v) is 7.18. The molecule has 0 fully saturated rings. The van der Waals surface area contributed by atoms with Gasteiger partial charge in [-0.2, -0.15) is 13.2 Å². The quantitative estimate of drug-likeness (QED) is 0.835. The minimum atomic E-state index is -4.21. The average molecular weight is 319 g/mol. The van der Waals surface area contributed by atoms with Crippen molar-refractivity contribution in [3.05, 3.63) is 40.4 Å². The van der Waals surface area contributed by atoms with Gasteiger partial charge in [-0.1, -0.05) is 23.7 Å². The summed E-state index contributed by atoms with van der Waals surface area (Å²) < 4.78 is 37.8. The molecule has 2 rings (SSSR count). The summed E-state index contributed by atoms with van der Waals surface area (Å²) in [6.45, 7) is 2.61. The molecule has 1 atom stereocenters. The van der Waals surface area contributed by atoms with Crippen molar-refractivity contribution in [2.24, 2.45) is 0 Å². The summed E-state index contributed by atoms with van der Waals surface area (Å²) in [4.78, 5) is 1.90. The molecular weight excluding hydrogens is 301 g/mol. The first-order valence-electron chi connectivity index (χ1n) is 6.81. The predicted molar refractivity (Wildman–Crippen MR) is 79.9 cm³/mol. The predicted octanol–water partition coefficient (Wildman–Crippen LogP) is 4.32. The number of anilines is 1. The summed E-state index contributed by atoms with van der Waals surface area (Å²) >= 11 is 6.26. The van der Waals surface area contributed by atoms with Crippen LogP contribution in [-0.2, 0) is 0 Å². The Hall–Kier alpha value is -1.20. The van der Waals surface area contributed by atoms with Gasteiger partial charge in [-0.15, -0.1) is 0 Å². The van der Waals surface area contributed by atoms with Crippen LogP contribution in [0.15, 0.2) is 29.8 Å². The van der Waals surface area contributed by atoms with Gasteiger partial charge < -0.3 is 10.2 Å². The maximum atomic E-state index is 12.6. The second-order valence-corrected chi connectivity index (χ2v) is 5.55. The summed E-state index contributed by atoms with van der Waals surface area (Å²) in [6, 6.07) is 5.77. The van der Waals surface area contributed by atoms with E-state index in [4.69, 9.17) is 11.6 Å². The van der Waals surface area contributed by atoms with E-state index in [0.29, 0.717) is 11.6 Å². The van der Waals surface area contributed by atoms with Crippen LogP contribution in [0.25, 0.3) is 0 Å². The van der Waals surface area contributed by atoms with E-state index >= 15 is 0 Å². The van der Waals surface area contributed by atoms with Crippen LogP contribution in [0.5, 0.6) is 0 Å². The highest BCUT2D eigenvalue weighted by molar-refractivity contribution is 6.31. The molecule has 1 aliphatic rings. The lowest BCUT2D eigenvalue weighted by Gasteiger charge is -2.29. The summed E-state index contributed by atoms with van der Waals surface area (Å²) in [5.41, 5.74) is 1.39. The Kier molecular flexibility index (Phi) is 4.84. The lowest BCUT2D eigenvalue weighted by atomic mass is 10.1. The summed E-state index contributed by atoms with van der Waals surface area (Å²) in [5, 5.41) is 3.74. The lowest BCUT2D eigenvalue weighted by molar-refractivity contribution is -0.0943. The molecule has 1 aliphatic heterocycles. The third-order valence-electron chi connectivity index (χ3n) is 3.82. The van der Waals surface area contributed by atoms with Gasteiger partial charge in [-0.25, -0.2) is 0 Å². The fraction of sp³-hybridized carbons (Fsp3) is 0.467. The molecule has 21 heavy (non-hydrogen) atoms. The average Bonchev–Trinajstić information content (AvgIpc) is 2.45. The SMILES string of the molecule is CNC(C)c1ccc(N2CC=C(C(F)(F)F)CC2)cc1Cl. The number of hydrogen-bond donors (Lipinski definition) is 1. The van der Waals surface area contributed by atoms with E-state index in [9.17, 15) is 13.2 Å². The molecule has 0 radical (unpaired) electrons. The van der Waals surface area contributed by atoms with E-state index < -0.39 is 11.7 Å². The van der Waals surface area contributed by atoms with Gasteiger partial charge in [0.15, 0.2) is 0 Å². The molecule has 1 aromatic carbocycles. The zero-order chi connectivity index (χ0) is 15.6. The van der Waals surface area contributed by atoms with Crippen molar-refractivity contribution in [3.63, 3.8) is 0 Å². The molecule has 1 N–H and O–H groups in total. The third kappa shape index (κ3) is 3.71. The fourth-order valence-corrected chi connectivity index (χ4v) is 2.72. The zero-order valence-electron chi connectivity index (χ0n) is 12.0. The molecule has 0 aromatic heterocycles. The molecule has 0 aliphatic carbocycles. The van der Waals surface area contributed by atoms with Crippen LogP contribution >= 0.6 is 11.6 Å². The normalized spacial score (nSPS) is 17.6. The Morgan fingerprint density at radius 2 is 2.05 bits per heavy atom. The zero-order valence-corrected chi connectivity index (χ0v) is 12.7. The molecule has 2 nitrogen and oxygen atoms in total. The van der Waals surface area contributed by atoms with Crippen LogP contribution in [0, 0.1) is 0 Å². The number of halogens is 4. The maximum absolute atomic E-state index is 12.6. The Morgan fingerprint density at radius 3 is 2.52 bits per heavy atom. The third-order valence-corrected chi connectivity index (χ3v) is 4.15. The molecule has 0 saturated heterocycles. The Morgan fingerprint density at radius 1 is 1.33 bits per heavy atom. The Balaban J connectivity index is 2.14. The Bertz CT molecular complexity index is 540. The van der Waals surface area contributed by atoms with Gasteiger partial charge in [-0.05, 0) is 38.1 Å². The van der Waals surface area contributed by atoms with Crippen molar-refractivity contribution in [2.45, 2.75) is 25.6 Å². The Labute approximate surface area is 127 Å². The van der Waals surface area contributed by atoms with Gasteiger partial charge in [0.2, 0.25) is 0 Å². The molecule has 0 bridgehead atoms. The highest BCUT2D eigenvalue weighted by Gasteiger charge is 2.34. The number of nitrogens with one attached hydrogen (secondary N) is 1. The van der Waals surface area contributed by atoms with Crippen LogP contribution < -0.4 is 10.2 Å². The summed E-state index contributed by atoms with van der Waals surface area (Å²) in [7, 11) is 1.85. The van der Waals surface area contributed by atoms with E-state index in [-0.39, 0.29) is 19.0 Å². The smallest absolute Gasteiger partial charge is 0.367 e. The second kappa shape index (κ2) is 6.28. The van der Waals surface area contributed by atoms with Gasteiger partial charge in [0.05, 0.1) is 0 Å². The van der Waals surface area contributed by atoms with Gasteiger partial charge in [0.25, 0.3) is 0 Å². The second-order valence-electron chi connectivity index (χ2n) is 5.14. The van der Waals surface area contributed by atoms with Gasteiger partial charge in [0.1, 0.15) is 0 Å². The van der Waals surface area contributed by atoms with Crippen molar-refractivity contribution in [1.29, 1.82) is 0 Å². The van der Waals surface area contributed by atoms with Crippen LogP contribution in [0.4, 0.5) is 18.9 Å². The standard InChI is InChI=1S/C15H18ClF3N2/c1-10(20-2)13-4-3-12(9-14(13)16)21-7-5-11(6-8-21)15(17,18)19/h3-5,9-10,20H,6-8H2,1-2H3. The summed E-state index contributed by atoms with van der Waals surface area (Å²) in [5.74, 6) is 0.